The molecule has 1 N–H and O–H groups in total. The minimum absolute atomic E-state index is 0.162. The summed E-state index contributed by atoms with van der Waals surface area (Å²) in [4.78, 5) is 11.6. The van der Waals surface area contributed by atoms with Crippen LogP contribution in [0.2, 0.25) is 0 Å². The van der Waals surface area contributed by atoms with Gasteiger partial charge in [0, 0.05) is 11.6 Å². The van der Waals surface area contributed by atoms with Gasteiger partial charge in [-0.1, -0.05) is 6.92 Å². The quantitative estimate of drug-likeness (QED) is 0.807. The molecule has 0 aliphatic heterocycles. The summed E-state index contributed by atoms with van der Waals surface area (Å²) in [6.45, 7) is 5.27. The molecule has 0 aliphatic carbocycles. The van der Waals surface area contributed by atoms with Crippen LogP contribution in [0.4, 0.5) is 4.39 Å². The average molecular weight is 270 g/mol. The highest BCUT2D eigenvalue weighted by Crippen LogP contribution is 2.27. The van der Waals surface area contributed by atoms with Crippen molar-refractivity contribution in [3.8, 4) is 5.75 Å². The number of esters is 1. The third kappa shape index (κ3) is 4.21. The predicted octanol–water partition coefficient (Wildman–Crippen LogP) is 2.60. The second-order valence-corrected chi connectivity index (χ2v) is 4.12. The standard InChI is InChI=1S/C14H19FO4/c1-4-12(14(17)18-5-2)19-13-8-10(15)6-7-11(13)9(3)16/h6-9,12,16H,4-5H2,1-3H3/t9-,12?/m1/s1. The zero-order valence-electron chi connectivity index (χ0n) is 11.4. The van der Waals surface area contributed by atoms with Crippen LogP contribution in [0, 0.1) is 5.82 Å². The van der Waals surface area contributed by atoms with Crippen LogP contribution in [0.15, 0.2) is 18.2 Å². The Bertz CT molecular complexity index is 431. The number of rotatable bonds is 6. The molecular formula is C14H19FO4. The van der Waals surface area contributed by atoms with E-state index in [9.17, 15) is 14.3 Å². The van der Waals surface area contributed by atoms with Gasteiger partial charge in [0.15, 0.2) is 6.10 Å². The lowest BCUT2D eigenvalue weighted by molar-refractivity contribution is -0.151. The molecule has 1 aromatic rings. The van der Waals surface area contributed by atoms with E-state index in [4.69, 9.17) is 9.47 Å². The molecule has 0 saturated carbocycles. The lowest BCUT2D eigenvalue weighted by atomic mass is 10.1. The summed E-state index contributed by atoms with van der Waals surface area (Å²) < 4.78 is 23.6. The number of hydrogen-bond donors (Lipinski definition) is 1. The third-order valence-electron chi connectivity index (χ3n) is 2.62. The maximum atomic E-state index is 13.2. The highest BCUT2D eigenvalue weighted by molar-refractivity contribution is 5.75. The molecule has 0 spiro atoms. The second kappa shape index (κ2) is 7.09. The molecule has 0 aliphatic rings. The summed E-state index contributed by atoms with van der Waals surface area (Å²) in [5.41, 5.74) is 0.434. The summed E-state index contributed by atoms with van der Waals surface area (Å²) in [5.74, 6) is -0.821. The van der Waals surface area contributed by atoms with E-state index < -0.39 is 24.0 Å². The number of carbonyl (C=O) groups is 1. The summed E-state index contributed by atoms with van der Waals surface area (Å²) in [6, 6.07) is 3.83. The summed E-state index contributed by atoms with van der Waals surface area (Å²) >= 11 is 0. The first kappa shape index (κ1) is 15.4. The zero-order valence-corrected chi connectivity index (χ0v) is 11.4. The number of aliphatic hydroxyl groups is 1. The summed E-state index contributed by atoms with van der Waals surface area (Å²) in [7, 11) is 0. The predicted molar refractivity (Wildman–Crippen MR) is 68.4 cm³/mol. The first-order chi connectivity index (χ1) is 8.99. The third-order valence-corrected chi connectivity index (χ3v) is 2.62. The number of benzene rings is 1. The minimum Gasteiger partial charge on any atom is -0.478 e. The van der Waals surface area contributed by atoms with Gasteiger partial charge in [0.25, 0.3) is 0 Å². The van der Waals surface area contributed by atoms with Gasteiger partial charge in [0.1, 0.15) is 11.6 Å². The van der Waals surface area contributed by atoms with Gasteiger partial charge in [-0.2, -0.15) is 0 Å². The number of aliphatic hydroxyl groups excluding tert-OH is 1. The molecule has 1 unspecified atom stereocenters. The topological polar surface area (TPSA) is 55.8 Å². The van der Waals surface area contributed by atoms with Crippen molar-refractivity contribution in [2.75, 3.05) is 6.61 Å². The first-order valence-corrected chi connectivity index (χ1v) is 6.30. The fourth-order valence-electron chi connectivity index (χ4n) is 1.64. The first-order valence-electron chi connectivity index (χ1n) is 6.30. The average Bonchev–Trinajstić information content (AvgIpc) is 2.35. The van der Waals surface area contributed by atoms with Crippen molar-refractivity contribution < 1.29 is 23.8 Å². The van der Waals surface area contributed by atoms with Gasteiger partial charge >= 0.3 is 5.97 Å². The van der Waals surface area contributed by atoms with Crippen LogP contribution in [-0.4, -0.2) is 23.8 Å². The van der Waals surface area contributed by atoms with E-state index in [1.807, 2.05) is 0 Å². The Morgan fingerprint density at radius 2 is 2.11 bits per heavy atom. The number of hydrogen-bond acceptors (Lipinski definition) is 4. The van der Waals surface area contributed by atoms with Crippen molar-refractivity contribution in [1.29, 1.82) is 0 Å². The molecule has 5 heteroatoms. The molecular weight excluding hydrogens is 251 g/mol. The summed E-state index contributed by atoms with van der Waals surface area (Å²) in [6.07, 6.45) is -1.22. The molecule has 0 amide bonds. The van der Waals surface area contributed by atoms with E-state index in [1.165, 1.54) is 12.1 Å². The highest BCUT2D eigenvalue weighted by Gasteiger charge is 2.22. The van der Waals surface area contributed by atoms with Crippen molar-refractivity contribution in [3.05, 3.63) is 29.6 Å². The smallest absolute Gasteiger partial charge is 0.347 e. The fraction of sp³-hybridized carbons (Fsp3) is 0.500. The van der Waals surface area contributed by atoms with Crippen LogP contribution >= 0.6 is 0 Å². The van der Waals surface area contributed by atoms with E-state index in [0.717, 1.165) is 6.07 Å². The van der Waals surface area contributed by atoms with Crippen LogP contribution in [-0.2, 0) is 9.53 Å². The van der Waals surface area contributed by atoms with Crippen LogP contribution in [0.1, 0.15) is 38.9 Å². The maximum Gasteiger partial charge on any atom is 0.347 e. The monoisotopic (exact) mass is 270 g/mol. The van der Waals surface area contributed by atoms with Crippen molar-refractivity contribution >= 4 is 5.97 Å². The molecule has 1 rings (SSSR count). The minimum atomic E-state index is -0.810. The van der Waals surface area contributed by atoms with Gasteiger partial charge in [-0.05, 0) is 32.4 Å². The van der Waals surface area contributed by atoms with Gasteiger partial charge < -0.3 is 14.6 Å². The van der Waals surface area contributed by atoms with E-state index in [-0.39, 0.29) is 12.4 Å². The Morgan fingerprint density at radius 3 is 2.63 bits per heavy atom. The van der Waals surface area contributed by atoms with Crippen molar-refractivity contribution in [3.63, 3.8) is 0 Å². The molecule has 19 heavy (non-hydrogen) atoms. The van der Waals surface area contributed by atoms with Gasteiger partial charge in [0.05, 0.1) is 12.7 Å². The Labute approximate surface area is 112 Å². The van der Waals surface area contributed by atoms with E-state index in [2.05, 4.69) is 0 Å². The van der Waals surface area contributed by atoms with Crippen LogP contribution in [0.3, 0.4) is 0 Å². The number of ether oxygens (including phenoxy) is 2. The van der Waals surface area contributed by atoms with Crippen molar-refractivity contribution in [2.45, 2.75) is 39.4 Å². The Hall–Kier alpha value is -1.62. The lowest BCUT2D eigenvalue weighted by Gasteiger charge is -2.19. The number of halogens is 1. The molecule has 0 heterocycles. The van der Waals surface area contributed by atoms with Crippen LogP contribution in [0.25, 0.3) is 0 Å². The highest BCUT2D eigenvalue weighted by atomic mass is 19.1. The van der Waals surface area contributed by atoms with Gasteiger partial charge in [-0.25, -0.2) is 9.18 Å². The molecule has 0 fully saturated rings. The molecule has 0 aromatic heterocycles. The van der Waals surface area contributed by atoms with E-state index >= 15 is 0 Å². The number of carbonyl (C=O) groups excluding carboxylic acids is 1. The van der Waals surface area contributed by atoms with Gasteiger partial charge in [-0.3, -0.25) is 0 Å². The molecule has 4 nitrogen and oxygen atoms in total. The summed E-state index contributed by atoms with van der Waals surface area (Å²) in [5, 5.41) is 9.60. The van der Waals surface area contributed by atoms with Crippen molar-refractivity contribution in [1.82, 2.24) is 0 Å². The van der Waals surface area contributed by atoms with E-state index in [0.29, 0.717) is 12.0 Å². The Kier molecular flexibility index (Phi) is 5.76. The van der Waals surface area contributed by atoms with Crippen LogP contribution in [0.5, 0.6) is 5.75 Å². The Morgan fingerprint density at radius 1 is 1.42 bits per heavy atom. The van der Waals surface area contributed by atoms with Crippen LogP contribution < -0.4 is 4.74 Å². The maximum absolute atomic E-state index is 13.2. The lowest BCUT2D eigenvalue weighted by Crippen LogP contribution is -2.29. The normalized spacial score (nSPS) is 13.7. The zero-order chi connectivity index (χ0) is 14.4. The molecule has 106 valence electrons. The molecule has 2 atom stereocenters. The fourth-order valence-corrected chi connectivity index (χ4v) is 1.64. The molecule has 0 bridgehead atoms. The van der Waals surface area contributed by atoms with Gasteiger partial charge in [-0.15, -0.1) is 0 Å². The van der Waals surface area contributed by atoms with Gasteiger partial charge in [0.2, 0.25) is 0 Å². The van der Waals surface area contributed by atoms with Crippen molar-refractivity contribution in [2.24, 2.45) is 0 Å². The second-order valence-electron chi connectivity index (χ2n) is 4.12. The molecule has 0 radical (unpaired) electrons. The SMILES string of the molecule is CCOC(=O)C(CC)Oc1cc(F)ccc1[C@@H](C)O. The molecule has 1 aromatic carbocycles. The largest absolute Gasteiger partial charge is 0.478 e. The molecule has 0 saturated heterocycles. The Balaban J connectivity index is 2.95. The van der Waals surface area contributed by atoms with E-state index in [1.54, 1.807) is 20.8 Å².